The molecule has 3 aromatic carbocycles. The van der Waals surface area contributed by atoms with E-state index in [0.717, 1.165) is 59.0 Å². The fourth-order valence-electron chi connectivity index (χ4n) is 5.08. The quantitative estimate of drug-likeness (QED) is 0.205. The zero-order chi connectivity index (χ0) is 26.5. The Hall–Kier alpha value is -3.77. The van der Waals surface area contributed by atoms with Crippen LogP contribution in [-0.2, 0) is 11.3 Å². The number of nitrogens with zero attached hydrogens (tertiary/aromatic N) is 3. The number of carbonyl (C=O) groups is 1. The van der Waals surface area contributed by atoms with Crippen molar-refractivity contribution in [3.63, 3.8) is 0 Å². The molecule has 0 radical (unpaired) electrons. The molecule has 1 aliphatic heterocycles. The fraction of sp³-hybridized carbons (Fsp3) is 0.290. The van der Waals surface area contributed by atoms with Crippen molar-refractivity contribution >= 4 is 40.3 Å². The van der Waals surface area contributed by atoms with Crippen LogP contribution in [0.4, 0.5) is 5.69 Å². The van der Waals surface area contributed by atoms with E-state index in [4.69, 9.17) is 26.1 Å². The molecular weight excluding hydrogens is 498 g/mol. The van der Waals surface area contributed by atoms with Gasteiger partial charge in [-0.25, -0.2) is 4.98 Å². The van der Waals surface area contributed by atoms with E-state index in [9.17, 15) is 4.79 Å². The Morgan fingerprint density at radius 2 is 1.87 bits per heavy atom. The largest absolute Gasteiger partial charge is 0.493 e. The minimum absolute atomic E-state index is 0.00219. The second-order valence-electron chi connectivity index (χ2n) is 9.43. The molecular formula is C31H32ClN3O3. The lowest BCUT2D eigenvalue weighted by atomic mass is 10.1. The van der Waals surface area contributed by atoms with Gasteiger partial charge in [0.05, 0.1) is 35.5 Å². The van der Waals surface area contributed by atoms with Gasteiger partial charge in [-0.05, 0) is 61.7 Å². The molecule has 0 aliphatic carbocycles. The number of aromatic nitrogens is 2. The highest BCUT2D eigenvalue weighted by Crippen LogP contribution is 2.36. The number of hydrogen-bond acceptors (Lipinski definition) is 4. The number of imidazole rings is 1. The molecule has 1 amide bonds. The molecule has 6 nitrogen and oxygen atoms in total. The number of ether oxygens (including phenoxy) is 2. The standard InChI is InChI=1S/C31H32ClN3O3/c1-3-10-22-15-16-28(29(19-22)37-2)38-18-9-8-17-34-27-14-7-5-12-25(27)33-31(34)23-20-30(36)35(21-23)26-13-6-4-11-24(26)32/h3-7,10-16,19,23H,8-9,17-18,20-21H2,1-2H3/b10-3+. The van der Waals surface area contributed by atoms with E-state index < -0.39 is 0 Å². The van der Waals surface area contributed by atoms with E-state index in [0.29, 0.717) is 24.6 Å². The highest BCUT2D eigenvalue weighted by atomic mass is 35.5. The first-order valence-electron chi connectivity index (χ1n) is 13.0. The monoisotopic (exact) mass is 529 g/mol. The van der Waals surface area contributed by atoms with Crippen molar-refractivity contribution in [3.05, 3.63) is 89.2 Å². The second kappa shape index (κ2) is 11.7. The molecule has 196 valence electrons. The average molecular weight is 530 g/mol. The van der Waals surface area contributed by atoms with Crippen molar-refractivity contribution in [1.29, 1.82) is 0 Å². The molecule has 1 aliphatic rings. The van der Waals surface area contributed by atoms with Gasteiger partial charge in [0.2, 0.25) is 5.91 Å². The van der Waals surface area contributed by atoms with Crippen LogP contribution in [0.25, 0.3) is 17.1 Å². The number of unbranched alkanes of at least 4 members (excludes halogenated alkanes) is 1. The number of rotatable bonds is 10. The van der Waals surface area contributed by atoms with Gasteiger partial charge in [-0.1, -0.05) is 54.1 Å². The van der Waals surface area contributed by atoms with Gasteiger partial charge in [0, 0.05) is 25.4 Å². The normalized spacial score (nSPS) is 15.6. The number of allylic oxidation sites excluding steroid dienone is 1. The Kier molecular flexibility index (Phi) is 7.99. The predicted octanol–water partition coefficient (Wildman–Crippen LogP) is 7.11. The van der Waals surface area contributed by atoms with Crippen LogP contribution in [0.3, 0.4) is 0 Å². The summed E-state index contributed by atoms with van der Waals surface area (Å²) >= 11 is 6.40. The molecule has 0 N–H and O–H groups in total. The molecule has 2 heterocycles. The number of para-hydroxylation sites is 3. The first-order valence-corrected chi connectivity index (χ1v) is 13.4. The van der Waals surface area contributed by atoms with Crippen molar-refractivity contribution < 1.29 is 14.3 Å². The maximum Gasteiger partial charge on any atom is 0.227 e. The van der Waals surface area contributed by atoms with Crippen LogP contribution >= 0.6 is 11.6 Å². The van der Waals surface area contributed by atoms with E-state index in [-0.39, 0.29) is 11.8 Å². The number of halogens is 1. The summed E-state index contributed by atoms with van der Waals surface area (Å²) in [5.41, 5.74) is 3.88. The van der Waals surface area contributed by atoms with Crippen LogP contribution < -0.4 is 14.4 Å². The summed E-state index contributed by atoms with van der Waals surface area (Å²) < 4.78 is 13.8. The van der Waals surface area contributed by atoms with Crippen LogP contribution in [-0.4, -0.2) is 35.7 Å². The van der Waals surface area contributed by atoms with E-state index >= 15 is 0 Å². The van der Waals surface area contributed by atoms with Gasteiger partial charge in [-0.2, -0.15) is 0 Å². The van der Waals surface area contributed by atoms with Gasteiger partial charge in [-0.15, -0.1) is 0 Å². The molecule has 4 aromatic rings. The van der Waals surface area contributed by atoms with Gasteiger partial charge in [-0.3, -0.25) is 4.79 Å². The van der Waals surface area contributed by atoms with Gasteiger partial charge in [0.25, 0.3) is 0 Å². The minimum Gasteiger partial charge on any atom is -0.493 e. The van der Waals surface area contributed by atoms with Gasteiger partial charge < -0.3 is 18.9 Å². The summed E-state index contributed by atoms with van der Waals surface area (Å²) in [4.78, 5) is 19.7. The molecule has 1 atom stereocenters. The van der Waals surface area contributed by atoms with Gasteiger partial charge >= 0.3 is 0 Å². The van der Waals surface area contributed by atoms with Crippen LogP contribution in [0.1, 0.15) is 43.5 Å². The first kappa shape index (κ1) is 25.9. The maximum atomic E-state index is 13.0. The van der Waals surface area contributed by atoms with Crippen molar-refractivity contribution in [2.45, 2.75) is 38.6 Å². The number of benzene rings is 3. The summed E-state index contributed by atoms with van der Waals surface area (Å²) in [7, 11) is 1.66. The Balaban J connectivity index is 1.27. The first-order chi connectivity index (χ1) is 18.6. The number of fused-ring (bicyclic) bond motifs is 1. The summed E-state index contributed by atoms with van der Waals surface area (Å²) in [5.74, 6) is 2.51. The number of amides is 1. The predicted molar refractivity (Wildman–Crippen MR) is 153 cm³/mol. The summed E-state index contributed by atoms with van der Waals surface area (Å²) in [6.07, 6.45) is 6.24. The number of methoxy groups -OCH3 is 1. The third-order valence-corrected chi connectivity index (χ3v) is 7.22. The minimum atomic E-state index is 0.00219. The van der Waals surface area contributed by atoms with Crippen LogP contribution in [0.15, 0.2) is 72.8 Å². The third kappa shape index (κ3) is 5.41. The molecule has 0 bridgehead atoms. The summed E-state index contributed by atoms with van der Waals surface area (Å²) in [6, 6.07) is 21.6. The summed E-state index contributed by atoms with van der Waals surface area (Å²) in [6.45, 7) is 3.94. The van der Waals surface area contributed by atoms with Crippen molar-refractivity contribution in [3.8, 4) is 11.5 Å². The fourth-order valence-corrected chi connectivity index (χ4v) is 5.32. The lowest BCUT2D eigenvalue weighted by Crippen LogP contribution is -2.24. The third-order valence-electron chi connectivity index (χ3n) is 6.90. The van der Waals surface area contributed by atoms with E-state index in [1.54, 1.807) is 12.0 Å². The molecule has 0 spiro atoms. The summed E-state index contributed by atoms with van der Waals surface area (Å²) in [5, 5.41) is 0.586. The Morgan fingerprint density at radius 1 is 1.05 bits per heavy atom. The van der Waals surface area contributed by atoms with Crippen molar-refractivity contribution in [2.75, 3.05) is 25.2 Å². The zero-order valence-electron chi connectivity index (χ0n) is 21.8. The lowest BCUT2D eigenvalue weighted by Gasteiger charge is -2.18. The second-order valence-corrected chi connectivity index (χ2v) is 9.84. The number of anilines is 1. The maximum absolute atomic E-state index is 13.0. The Labute approximate surface area is 228 Å². The highest BCUT2D eigenvalue weighted by molar-refractivity contribution is 6.33. The molecule has 1 unspecified atom stereocenters. The van der Waals surface area contributed by atoms with Crippen molar-refractivity contribution in [2.24, 2.45) is 0 Å². The van der Waals surface area contributed by atoms with Crippen LogP contribution in [0, 0.1) is 0 Å². The zero-order valence-corrected chi connectivity index (χ0v) is 22.5. The average Bonchev–Trinajstić information content (AvgIpc) is 3.50. The van der Waals surface area contributed by atoms with Gasteiger partial charge in [0.1, 0.15) is 5.82 Å². The number of aryl methyl sites for hydroxylation is 1. The van der Waals surface area contributed by atoms with E-state index in [1.165, 1.54) is 0 Å². The highest BCUT2D eigenvalue weighted by Gasteiger charge is 2.35. The van der Waals surface area contributed by atoms with E-state index in [1.807, 2.05) is 79.7 Å². The molecule has 5 rings (SSSR count). The molecule has 1 aromatic heterocycles. The molecule has 0 saturated carbocycles. The lowest BCUT2D eigenvalue weighted by molar-refractivity contribution is -0.117. The van der Waals surface area contributed by atoms with Crippen molar-refractivity contribution in [1.82, 2.24) is 9.55 Å². The molecule has 38 heavy (non-hydrogen) atoms. The van der Waals surface area contributed by atoms with Crippen LogP contribution in [0.5, 0.6) is 11.5 Å². The Bertz CT molecular complexity index is 1460. The van der Waals surface area contributed by atoms with Gasteiger partial charge in [0.15, 0.2) is 11.5 Å². The number of hydrogen-bond donors (Lipinski definition) is 0. The molecule has 7 heteroatoms. The van der Waals surface area contributed by atoms with E-state index in [2.05, 4.69) is 10.6 Å². The number of carbonyl (C=O) groups excluding carboxylic acids is 1. The topological polar surface area (TPSA) is 56.6 Å². The Morgan fingerprint density at radius 3 is 2.68 bits per heavy atom. The van der Waals surface area contributed by atoms with Crippen LogP contribution in [0.2, 0.25) is 5.02 Å². The SMILES string of the molecule is C/C=C/c1ccc(OCCCCn2c(C3CC(=O)N(c4ccccc4Cl)C3)nc3ccccc32)c(OC)c1. The molecule has 1 saturated heterocycles. The smallest absolute Gasteiger partial charge is 0.227 e. The molecule has 1 fully saturated rings.